The van der Waals surface area contributed by atoms with Crippen LogP contribution in [0.3, 0.4) is 0 Å². The Morgan fingerprint density at radius 2 is 2.13 bits per heavy atom. The Hall–Kier alpha value is -2.08. The van der Waals surface area contributed by atoms with Crippen molar-refractivity contribution in [2.45, 2.75) is 12.0 Å². The molecular formula is C17H13BrFNO3. The van der Waals surface area contributed by atoms with Gasteiger partial charge < -0.3 is 14.2 Å². The number of aliphatic imine (C=N–C) groups is 1. The van der Waals surface area contributed by atoms with Crippen LogP contribution in [-0.2, 0) is 10.3 Å². The monoisotopic (exact) mass is 377 g/mol. The fraction of sp³-hybridized carbons (Fsp3) is 0.235. The van der Waals surface area contributed by atoms with E-state index in [9.17, 15) is 4.39 Å². The van der Waals surface area contributed by atoms with E-state index in [1.54, 1.807) is 6.07 Å². The number of halogens is 2. The van der Waals surface area contributed by atoms with E-state index in [0.717, 1.165) is 10.0 Å². The fourth-order valence-corrected chi connectivity index (χ4v) is 3.49. The predicted molar refractivity (Wildman–Crippen MR) is 87.0 cm³/mol. The van der Waals surface area contributed by atoms with Crippen molar-refractivity contribution in [1.29, 1.82) is 0 Å². The molecule has 118 valence electrons. The molecule has 2 aliphatic rings. The lowest BCUT2D eigenvalue weighted by atomic mass is 9.78. The van der Waals surface area contributed by atoms with Gasteiger partial charge in [0, 0.05) is 28.1 Å². The van der Waals surface area contributed by atoms with Gasteiger partial charge in [0.2, 0.25) is 0 Å². The van der Waals surface area contributed by atoms with Crippen LogP contribution in [-0.4, -0.2) is 20.1 Å². The minimum Gasteiger partial charge on any atom is -0.497 e. The van der Waals surface area contributed by atoms with E-state index in [-0.39, 0.29) is 5.75 Å². The third kappa shape index (κ3) is 2.12. The molecule has 0 N–H and O–H groups in total. The molecule has 0 radical (unpaired) electrons. The first kappa shape index (κ1) is 14.5. The molecule has 0 fully saturated rings. The number of fused-ring (bicyclic) bond motifs is 4. The summed E-state index contributed by atoms with van der Waals surface area (Å²) in [6.45, 7) is 0.494. The molecule has 2 aliphatic heterocycles. The van der Waals surface area contributed by atoms with Crippen molar-refractivity contribution in [3.8, 4) is 17.2 Å². The Balaban J connectivity index is 2.04. The van der Waals surface area contributed by atoms with Crippen LogP contribution < -0.4 is 9.47 Å². The molecule has 2 heterocycles. The molecule has 0 bridgehead atoms. The zero-order valence-corrected chi connectivity index (χ0v) is 13.9. The highest BCUT2D eigenvalue weighted by molar-refractivity contribution is 9.10. The molecule has 1 unspecified atom stereocenters. The summed E-state index contributed by atoms with van der Waals surface area (Å²) in [5.41, 5.74) is 0.798. The molecule has 2 aromatic carbocycles. The maximum Gasteiger partial charge on any atom is 0.170 e. The number of benzene rings is 2. The van der Waals surface area contributed by atoms with Gasteiger partial charge in [-0.15, -0.1) is 0 Å². The van der Waals surface area contributed by atoms with Crippen molar-refractivity contribution in [3.63, 3.8) is 0 Å². The van der Waals surface area contributed by atoms with Gasteiger partial charge in [-0.1, -0.05) is 15.9 Å². The highest BCUT2D eigenvalue weighted by Crippen LogP contribution is 2.53. The van der Waals surface area contributed by atoms with Crippen LogP contribution in [0.15, 0.2) is 39.8 Å². The van der Waals surface area contributed by atoms with Crippen molar-refractivity contribution < 1.29 is 18.6 Å². The Kier molecular flexibility index (Phi) is 3.30. The van der Waals surface area contributed by atoms with Crippen LogP contribution in [0.2, 0.25) is 0 Å². The van der Waals surface area contributed by atoms with Crippen molar-refractivity contribution in [2.75, 3.05) is 13.7 Å². The Bertz CT molecular complexity index is 824. The van der Waals surface area contributed by atoms with E-state index in [4.69, 9.17) is 14.2 Å². The van der Waals surface area contributed by atoms with E-state index in [1.165, 1.54) is 19.6 Å². The van der Waals surface area contributed by atoms with Crippen LogP contribution in [0.25, 0.3) is 0 Å². The first-order chi connectivity index (χ1) is 11.1. The molecular weight excluding hydrogens is 365 g/mol. The zero-order chi connectivity index (χ0) is 16.0. The van der Waals surface area contributed by atoms with Gasteiger partial charge >= 0.3 is 0 Å². The molecule has 2 aromatic rings. The number of methoxy groups -OCH3 is 1. The van der Waals surface area contributed by atoms with Gasteiger partial charge in [0.25, 0.3) is 0 Å². The number of hydrogen-bond donors (Lipinski definition) is 0. The van der Waals surface area contributed by atoms with Crippen LogP contribution in [0.5, 0.6) is 17.2 Å². The summed E-state index contributed by atoms with van der Waals surface area (Å²) in [4.78, 5) is 4.59. The van der Waals surface area contributed by atoms with Crippen molar-refractivity contribution in [3.05, 3.63) is 51.7 Å². The van der Waals surface area contributed by atoms with Crippen molar-refractivity contribution >= 4 is 22.3 Å². The molecule has 4 rings (SSSR count). The standard InChI is InChI=1S/C17H13BrFNO3/c1-21-11-7-13-16(14(19)8-11)23-15-3-2-10(18)6-12(15)17(13)4-5-22-9-20-17/h2-3,6-9H,4-5H2,1H3. The summed E-state index contributed by atoms with van der Waals surface area (Å²) in [6.07, 6.45) is 2.02. The molecule has 6 heteroatoms. The van der Waals surface area contributed by atoms with Gasteiger partial charge in [0.1, 0.15) is 17.0 Å². The summed E-state index contributed by atoms with van der Waals surface area (Å²) in [5.74, 6) is 0.766. The maximum atomic E-state index is 14.5. The maximum absolute atomic E-state index is 14.5. The van der Waals surface area contributed by atoms with E-state index in [1.807, 2.05) is 18.2 Å². The largest absolute Gasteiger partial charge is 0.497 e. The van der Waals surface area contributed by atoms with Gasteiger partial charge in [-0.25, -0.2) is 9.38 Å². The van der Waals surface area contributed by atoms with Gasteiger partial charge in [-0.05, 0) is 24.3 Å². The smallest absolute Gasteiger partial charge is 0.170 e. The number of nitrogens with zero attached hydrogens (tertiary/aromatic N) is 1. The number of ether oxygens (including phenoxy) is 3. The predicted octanol–water partition coefficient (Wildman–Crippen LogP) is 4.39. The minimum absolute atomic E-state index is 0.194. The molecule has 0 aromatic heterocycles. The minimum atomic E-state index is -0.736. The fourth-order valence-electron chi connectivity index (χ4n) is 3.13. The molecule has 0 amide bonds. The molecule has 4 nitrogen and oxygen atoms in total. The lowest BCUT2D eigenvalue weighted by molar-refractivity contribution is 0.233. The normalized spacial score (nSPS) is 21.2. The average Bonchev–Trinajstić information content (AvgIpc) is 2.57. The topological polar surface area (TPSA) is 40.0 Å². The first-order valence-electron chi connectivity index (χ1n) is 7.15. The quantitative estimate of drug-likeness (QED) is 0.739. The van der Waals surface area contributed by atoms with Crippen LogP contribution in [0, 0.1) is 5.82 Å². The molecule has 1 spiro atoms. The second-order valence-electron chi connectivity index (χ2n) is 5.44. The number of hydrogen-bond acceptors (Lipinski definition) is 4. The summed E-state index contributed by atoms with van der Waals surface area (Å²) in [5, 5.41) is 0. The summed E-state index contributed by atoms with van der Waals surface area (Å²) in [7, 11) is 1.51. The Morgan fingerprint density at radius 3 is 2.87 bits per heavy atom. The Labute approximate surface area is 141 Å². The van der Waals surface area contributed by atoms with Crippen LogP contribution in [0.4, 0.5) is 4.39 Å². The zero-order valence-electron chi connectivity index (χ0n) is 12.3. The molecule has 0 saturated heterocycles. The molecule has 0 aliphatic carbocycles. The Morgan fingerprint density at radius 1 is 1.26 bits per heavy atom. The summed E-state index contributed by atoms with van der Waals surface area (Å²) < 4.78 is 31.8. The van der Waals surface area contributed by atoms with E-state index < -0.39 is 11.4 Å². The molecule has 23 heavy (non-hydrogen) atoms. The third-order valence-corrected chi connectivity index (χ3v) is 4.72. The second-order valence-corrected chi connectivity index (χ2v) is 6.36. The first-order valence-corrected chi connectivity index (χ1v) is 7.94. The van der Waals surface area contributed by atoms with Crippen molar-refractivity contribution in [1.82, 2.24) is 0 Å². The van der Waals surface area contributed by atoms with E-state index in [0.29, 0.717) is 30.1 Å². The van der Waals surface area contributed by atoms with E-state index in [2.05, 4.69) is 20.9 Å². The van der Waals surface area contributed by atoms with Gasteiger partial charge in [0.15, 0.2) is 18.0 Å². The highest BCUT2D eigenvalue weighted by Gasteiger charge is 2.44. The lowest BCUT2D eigenvalue weighted by Gasteiger charge is -2.38. The molecule has 0 saturated carbocycles. The van der Waals surface area contributed by atoms with Crippen LogP contribution >= 0.6 is 15.9 Å². The van der Waals surface area contributed by atoms with E-state index >= 15 is 0 Å². The van der Waals surface area contributed by atoms with Gasteiger partial charge in [-0.2, -0.15) is 0 Å². The number of rotatable bonds is 1. The SMILES string of the molecule is COc1cc(F)c2c(c1)C1(CCOC=N1)c1cc(Br)ccc1O2. The molecule has 1 atom stereocenters. The van der Waals surface area contributed by atoms with Gasteiger partial charge in [-0.3, -0.25) is 0 Å². The highest BCUT2D eigenvalue weighted by atomic mass is 79.9. The second kappa shape index (κ2) is 5.23. The lowest BCUT2D eigenvalue weighted by Crippen LogP contribution is -2.34. The third-order valence-electron chi connectivity index (χ3n) is 4.23. The summed E-state index contributed by atoms with van der Waals surface area (Å²) >= 11 is 3.49. The van der Waals surface area contributed by atoms with Crippen molar-refractivity contribution in [2.24, 2.45) is 4.99 Å². The average molecular weight is 378 g/mol. The summed E-state index contributed by atoms with van der Waals surface area (Å²) in [6, 6.07) is 8.74. The van der Waals surface area contributed by atoms with Gasteiger partial charge in [0.05, 0.1) is 13.7 Å². The van der Waals surface area contributed by atoms with Crippen LogP contribution in [0.1, 0.15) is 17.5 Å².